The number of anilines is 1. The molecule has 3 aromatic carbocycles. The Hall–Kier alpha value is -3.77. The molecule has 0 spiro atoms. The van der Waals surface area contributed by atoms with Gasteiger partial charge in [0.05, 0.1) is 30.4 Å². The second-order valence-corrected chi connectivity index (χ2v) is 9.54. The molecule has 7 heteroatoms. The van der Waals surface area contributed by atoms with E-state index in [-0.39, 0.29) is 11.3 Å². The highest BCUT2D eigenvalue weighted by atomic mass is 35.5. The number of halogens is 1. The van der Waals surface area contributed by atoms with Crippen molar-refractivity contribution in [2.75, 3.05) is 18.6 Å². The van der Waals surface area contributed by atoms with Crippen molar-refractivity contribution in [3.8, 4) is 11.5 Å². The molecule has 4 rings (SSSR count). The summed E-state index contributed by atoms with van der Waals surface area (Å²) in [6, 6.07) is 18.4. The average Bonchev–Trinajstić information content (AvgIpc) is 3.13. The summed E-state index contributed by atoms with van der Waals surface area (Å²) < 4.78 is 11.2. The van der Waals surface area contributed by atoms with Gasteiger partial charge < -0.3 is 14.6 Å². The number of nitrogens with zero attached hydrogens (tertiary/aromatic N) is 1. The Bertz CT molecular complexity index is 1330. The number of aliphatic hydroxyl groups is 1. The molecule has 1 aliphatic heterocycles. The van der Waals surface area contributed by atoms with Crippen LogP contribution in [0.3, 0.4) is 0 Å². The van der Waals surface area contributed by atoms with Crippen LogP contribution >= 0.6 is 11.6 Å². The maximum atomic E-state index is 13.4. The van der Waals surface area contributed by atoms with Gasteiger partial charge in [-0.1, -0.05) is 55.3 Å². The summed E-state index contributed by atoms with van der Waals surface area (Å²) in [5.74, 6) is -0.526. The Kier molecular flexibility index (Phi) is 7.36. The van der Waals surface area contributed by atoms with Gasteiger partial charge in [0.15, 0.2) is 0 Å². The highest BCUT2D eigenvalue weighted by Crippen LogP contribution is 2.43. The summed E-state index contributed by atoms with van der Waals surface area (Å²) in [4.78, 5) is 28.1. The lowest BCUT2D eigenvalue weighted by atomic mass is 9.95. The van der Waals surface area contributed by atoms with Crippen LogP contribution in [-0.2, 0) is 9.59 Å². The molecular weight excluding hydrogens is 478 g/mol. The fourth-order valence-electron chi connectivity index (χ4n) is 4.12. The van der Waals surface area contributed by atoms with Crippen LogP contribution in [0.1, 0.15) is 36.6 Å². The number of benzene rings is 3. The monoisotopic (exact) mass is 505 g/mol. The third-order valence-corrected chi connectivity index (χ3v) is 6.25. The minimum atomic E-state index is -0.864. The van der Waals surface area contributed by atoms with Crippen LogP contribution in [-0.4, -0.2) is 30.5 Å². The molecule has 1 fully saturated rings. The van der Waals surface area contributed by atoms with Crippen molar-refractivity contribution < 1.29 is 24.2 Å². The van der Waals surface area contributed by atoms with Crippen LogP contribution in [0.2, 0.25) is 5.02 Å². The lowest BCUT2D eigenvalue weighted by molar-refractivity contribution is -0.132. The summed E-state index contributed by atoms with van der Waals surface area (Å²) in [5.41, 5.74) is 2.50. The summed E-state index contributed by atoms with van der Waals surface area (Å²) in [7, 11) is 1.46. The van der Waals surface area contributed by atoms with E-state index in [4.69, 9.17) is 21.1 Å². The molecule has 0 radical (unpaired) electrons. The Balaban J connectivity index is 1.90. The first-order chi connectivity index (χ1) is 17.2. The van der Waals surface area contributed by atoms with Gasteiger partial charge in [0.25, 0.3) is 11.7 Å². The van der Waals surface area contributed by atoms with Crippen LogP contribution < -0.4 is 14.4 Å². The molecule has 1 atom stereocenters. The predicted molar refractivity (Wildman–Crippen MR) is 141 cm³/mol. The number of methoxy groups -OCH3 is 1. The molecule has 0 bridgehead atoms. The van der Waals surface area contributed by atoms with Crippen LogP contribution in [0.5, 0.6) is 11.5 Å². The van der Waals surface area contributed by atoms with Crippen molar-refractivity contribution in [1.29, 1.82) is 0 Å². The number of aryl methyl sites for hydroxylation is 1. The minimum Gasteiger partial charge on any atom is -0.507 e. The first-order valence-electron chi connectivity index (χ1n) is 11.7. The highest BCUT2D eigenvalue weighted by Gasteiger charge is 2.47. The quantitative estimate of drug-likeness (QED) is 0.231. The first kappa shape index (κ1) is 25.3. The standard InChI is InChI=1S/C29H28ClNO5/c1-17(2)16-36-22-7-5-6-19(14-22)26-25(27(32)20-10-13-23(30)24(15-20)35-4)28(33)29(34)31(26)21-11-8-18(3)9-12-21/h5-15,17,26,32H,16H2,1-4H3/b27-25-. The molecule has 0 aromatic heterocycles. The fourth-order valence-corrected chi connectivity index (χ4v) is 4.31. The molecule has 186 valence electrons. The molecular formula is C29H28ClNO5. The zero-order valence-corrected chi connectivity index (χ0v) is 21.4. The molecule has 1 aliphatic rings. The van der Waals surface area contributed by atoms with E-state index >= 15 is 0 Å². The van der Waals surface area contributed by atoms with Crippen molar-refractivity contribution >= 4 is 34.7 Å². The molecule has 3 aromatic rings. The van der Waals surface area contributed by atoms with Gasteiger partial charge in [-0.2, -0.15) is 0 Å². The van der Waals surface area contributed by atoms with Crippen molar-refractivity contribution in [3.63, 3.8) is 0 Å². The van der Waals surface area contributed by atoms with Crippen LogP contribution in [0.4, 0.5) is 5.69 Å². The van der Waals surface area contributed by atoms with E-state index in [0.29, 0.717) is 45.9 Å². The predicted octanol–water partition coefficient (Wildman–Crippen LogP) is 6.32. The van der Waals surface area contributed by atoms with E-state index < -0.39 is 17.7 Å². The Labute approximate surface area is 215 Å². The van der Waals surface area contributed by atoms with E-state index in [0.717, 1.165) is 5.56 Å². The number of rotatable bonds is 7. The maximum Gasteiger partial charge on any atom is 0.300 e. The summed E-state index contributed by atoms with van der Waals surface area (Å²) in [6.07, 6.45) is 0. The second-order valence-electron chi connectivity index (χ2n) is 9.13. The van der Waals surface area contributed by atoms with Crippen LogP contribution in [0.25, 0.3) is 5.76 Å². The van der Waals surface area contributed by atoms with E-state index in [1.807, 2.05) is 37.3 Å². The molecule has 1 N–H and O–H groups in total. The average molecular weight is 506 g/mol. The Morgan fingerprint density at radius 1 is 1.06 bits per heavy atom. The summed E-state index contributed by atoms with van der Waals surface area (Å²) in [5, 5.41) is 11.7. The number of ketones is 1. The molecule has 0 saturated carbocycles. The molecule has 1 unspecified atom stereocenters. The van der Waals surface area contributed by atoms with Gasteiger partial charge in [0.1, 0.15) is 17.3 Å². The van der Waals surface area contributed by atoms with Gasteiger partial charge in [-0.25, -0.2) is 0 Å². The normalized spacial score (nSPS) is 17.1. The summed E-state index contributed by atoms with van der Waals surface area (Å²) >= 11 is 6.16. The van der Waals surface area contributed by atoms with Crippen molar-refractivity contribution in [1.82, 2.24) is 0 Å². The zero-order valence-electron chi connectivity index (χ0n) is 20.6. The van der Waals surface area contributed by atoms with E-state index in [1.54, 1.807) is 30.3 Å². The third-order valence-electron chi connectivity index (χ3n) is 5.94. The topological polar surface area (TPSA) is 76.1 Å². The second kappa shape index (κ2) is 10.5. The van der Waals surface area contributed by atoms with Gasteiger partial charge in [-0.3, -0.25) is 14.5 Å². The van der Waals surface area contributed by atoms with Crippen molar-refractivity contribution in [2.24, 2.45) is 5.92 Å². The number of Topliss-reactive ketones (excluding diaryl/α,β-unsaturated/α-hetero) is 1. The van der Waals surface area contributed by atoms with Crippen molar-refractivity contribution in [3.05, 3.63) is 94.0 Å². The largest absolute Gasteiger partial charge is 0.507 e. The van der Waals surface area contributed by atoms with Crippen LogP contribution in [0, 0.1) is 12.8 Å². The number of hydrogen-bond acceptors (Lipinski definition) is 5. The number of hydrogen-bond donors (Lipinski definition) is 1. The number of amides is 1. The van der Waals surface area contributed by atoms with E-state index in [2.05, 4.69) is 13.8 Å². The number of ether oxygens (including phenoxy) is 2. The minimum absolute atomic E-state index is 0.0223. The summed E-state index contributed by atoms with van der Waals surface area (Å²) in [6.45, 7) is 6.57. The molecule has 1 amide bonds. The Morgan fingerprint density at radius 2 is 1.78 bits per heavy atom. The Morgan fingerprint density at radius 3 is 2.44 bits per heavy atom. The molecule has 6 nitrogen and oxygen atoms in total. The number of carbonyl (C=O) groups excluding carboxylic acids is 2. The first-order valence-corrected chi connectivity index (χ1v) is 12.0. The maximum absolute atomic E-state index is 13.4. The lowest BCUT2D eigenvalue weighted by Gasteiger charge is -2.26. The van der Waals surface area contributed by atoms with E-state index in [9.17, 15) is 14.7 Å². The zero-order chi connectivity index (χ0) is 26.0. The molecule has 1 heterocycles. The lowest BCUT2D eigenvalue weighted by Crippen LogP contribution is -2.29. The molecule has 1 saturated heterocycles. The molecule has 0 aliphatic carbocycles. The van der Waals surface area contributed by atoms with E-state index in [1.165, 1.54) is 18.1 Å². The van der Waals surface area contributed by atoms with Crippen molar-refractivity contribution in [2.45, 2.75) is 26.8 Å². The van der Waals surface area contributed by atoms with Gasteiger partial charge >= 0.3 is 0 Å². The fraction of sp³-hybridized carbons (Fsp3) is 0.241. The van der Waals surface area contributed by atoms with Gasteiger partial charge in [-0.05, 0) is 60.9 Å². The van der Waals surface area contributed by atoms with Crippen LogP contribution in [0.15, 0.2) is 72.3 Å². The number of aliphatic hydroxyl groups excluding tert-OH is 1. The third kappa shape index (κ3) is 4.95. The smallest absolute Gasteiger partial charge is 0.300 e. The van der Waals surface area contributed by atoms with Gasteiger partial charge in [-0.15, -0.1) is 0 Å². The number of carbonyl (C=O) groups is 2. The van der Waals surface area contributed by atoms with Gasteiger partial charge in [0, 0.05) is 11.3 Å². The molecule has 36 heavy (non-hydrogen) atoms. The highest BCUT2D eigenvalue weighted by molar-refractivity contribution is 6.51. The SMILES string of the molecule is COc1cc(/C(O)=C2/C(=O)C(=O)N(c3ccc(C)cc3)C2c2cccc(OCC(C)C)c2)ccc1Cl. The van der Waals surface area contributed by atoms with Gasteiger partial charge in [0.2, 0.25) is 0 Å².